The molecule has 1 saturated carbocycles. The van der Waals surface area contributed by atoms with Crippen LogP contribution >= 0.6 is 0 Å². The first-order valence-corrected chi connectivity index (χ1v) is 8.33. The van der Waals surface area contributed by atoms with Crippen LogP contribution in [-0.4, -0.2) is 39.6 Å². The molecule has 1 aliphatic heterocycles. The normalized spacial score (nSPS) is 27.8. The molecule has 1 aliphatic carbocycles. The topological polar surface area (TPSA) is 38.1 Å². The first-order valence-electron chi connectivity index (χ1n) is 8.33. The lowest BCUT2D eigenvalue weighted by molar-refractivity contribution is -0.125. The minimum atomic E-state index is 0.340. The Morgan fingerprint density at radius 1 is 1.24 bits per heavy atom. The fraction of sp³-hybridized carbons (Fsp3) is 0.765. The van der Waals surface area contributed by atoms with Crippen molar-refractivity contribution in [2.75, 3.05) is 13.1 Å². The van der Waals surface area contributed by atoms with Gasteiger partial charge in [-0.05, 0) is 44.1 Å². The average molecular weight is 289 g/mol. The van der Waals surface area contributed by atoms with Crippen LogP contribution in [0, 0.1) is 5.92 Å². The fourth-order valence-electron chi connectivity index (χ4n) is 3.58. The second-order valence-electron chi connectivity index (χ2n) is 7.11. The molecule has 21 heavy (non-hydrogen) atoms. The van der Waals surface area contributed by atoms with Crippen molar-refractivity contribution >= 4 is 5.78 Å². The smallest absolute Gasteiger partial charge is 0.133 e. The summed E-state index contributed by atoms with van der Waals surface area (Å²) in [6, 6.07) is 1.21. The summed E-state index contributed by atoms with van der Waals surface area (Å²) < 4.78 is 2.17. The van der Waals surface area contributed by atoms with Crippen LogP contribution in [0.25, 0.3) is 0 Å². The number of hydrogen-bond acceptors (Lipinski definition) is 3. The van der Waals surface area contributed by atoms with Crippen LogP contribution < -0.4 is 0 Å². The predicted molar refractivity (Wildman–Crippen MR) is 83.4 cm³/mol. The molecule has 0 amide bonds. The van der Waals surface area contributed by atoms with Gasteiger partial charge in [0.2, 0.25) is 0 Å². The Balaban J connectivity index is 1.50. The molecule has 2 heterocycles. The molecular weight excluding hydrogens is 262 g/mol. The lowest BCUT2D eigenvalue weighted by atomic mass is 9.76. The largest absolute Gasteiger partial charge is 0.300 e. The summed E-state index contributed by atoms with van der Waals surface area (Å²) in [5.74, 6) is 1.27. The highest BCUT2D eigenvalue weighted by Crippen LogP contribution is 2.35. The zero-order chi connectivity index (χ0) is 15.0. The van der Waals surface area contributed by atoms with Crippen LogP contribution in [0.1, 0.15) is 64.0 Å². The van der Waals surface area contributed by atoms with Gasteiger partial charge in [-0.15, -0.1) is 0 Å². The number of piperidine rings is 1. The van der Waals surface area contributed by atoms with E-state index in [1.165, 1.54) is 18.4 Å². The number of aromatic nitrogens is 2. The van der Waals surface area contributed by atoms with Crippen molar-refractivity contribution in [1.82, 2.24) is 14.7 Å². The lowest BCUT2D eigenvalue weighted by Crippen LogP contribution is -2.49. The number of Topliss-reactive ketones (excluding diaryl/α,β-unsaturated/α-hetero) is 1. The van der Waals surface area contributed by atoms with Crippen molar-refractivity contribution in [2.45, 2.75) is 64.5 Å². The highest BCUT2D eigenvalue weighted by atomic mass is 16.1. The highest BCUT2D eigenvalue weighted by Gasteiger charge is 2.37. The second-order valence-corrected chi connectivity index (χ2v) is 7.11. The summed E-state index contributed by atoms with van der Waals surface area (Å²) in [6.45, 7) is 8.46. The zero-order valence-electron chi connectivity index (χ0n) is 13.5. The molecule has 116 valence electrons. The SMILES string of the molecule is CC(=O)[C@H]1C[C@@H](N2CCC(n3cc(C(C)C)cn3)CC2)C1. The molecule has 3 rings (SSSR count). The molecule has 4 heteroatoms. The van der Waals surface area contributed by atoms with Crippen molar-refractivity contribution < 1.29 is 4.79 Å². The Kier molecular flexibility index (Phi) is 4.16. The molecule has 0 bridgehead atoms. The van der Waals surface area contributed by atoms with E-state index < -0.39 is 0 Å². The van der Waals surface area contributed by atoms with Crippen molar-refractivity contribution in [3.05, 3.63) is 18.0 Å². The van der Waals surface area contributed by atoms with Gasteiger partial charge in [0.05, 0.1) is 12.2 Å². The molecule has 1 aromatic heterocycles. The molecule has 2 aliphatic rings. The van der Waals surface area contributed by atoms with Crippen LogP contribution in [0.15, 0.2) is 12.4 Å². The first-order chi connectivity index (χ1) is 10.0. The van der Waals surface area contributed by atoms with Crippen molar-refractivity contribution in [3.8, 4) is 0 Å². The molecule has 0 unspecified atom stereocenters. The monoisotopic (exact) mass is 289 g/mol. The van der Waals surface area contributed by atoms with E-state index in [0.29, 0.717) is 29.7 Å². The Bertz CT molecular complexity index is 494. The lowest BCUT2D eigenvalue weighted by Gasteiger charge is -2.45. The third-order valence-corrected chi connectivity index (χ3v) is 5.37. The quantitative estimate of drug-likeness (QED) is 0.855. The van der Waals surface area contributed by atoms with E-state index in [4.69, 9.17) is 0 Å². The van der Waals surface area contributed by atoms with Crippen molar-refractivity contribution in [1.29, 1.82) is 0 Å². The number of carbonyl (C=O) groups is 1. The summed E-state index contributed by atoms with van der Waals surface area (Å²) >= 11 is 0. The fourth-order valence-corrected chi connectivity index (χ4v) is 3.58. The minimum absolute atomic E-state index is 0.340. The van der Waals surface area contributed by atoms with Gasteiger partial charge in [0.15, 0.2) is 0 Å². The molecule has 0 N–H and O–H groups in total. The van der Waals surface area contributed by atoms with Gasteiger partial charge in [-0.2, -0.15) is 5.10 Å². The molecule has 0 spiro atoms. The highest BCUT2D eigenvalue weighted by molar-refractivity contribution is 5.79. The Morgan fingerprint density at radius 3 is 2.43 bits per heavy atom. The van der Waals surface area contributed by atoms with Crippen LogP contribution in [-0.2, 0) is 4.79 Å². The molecule has 2 fully saturated rings. The maximum atomic E-state index is 11.3. The maximum absolute atomic E-state index is 11.3. The van der Waals surface area contributed by atoms with Gasteiger partial charge in [-0.1, -0.05) is 13.8 Å². The van der Waals surface area contributed by atoms with Crippen LogP contribution in [0.3, 0.4) is 0 Å². The summed E-state index contributed by atoms with van der Waals surface area (Å²) in [6.07, 6.45) is 8.76. The zero-order valence-corrected chi connectivity index (χ0v) is 13.5. The maximum Gasteiger partial charge on any atom is 0.133 e. The first kappa shape index (κ1) is 14.8. The van der Waals surface area contributed by atoms with Gasteiger partial charge in [0.25, 0.3) is 0 Å². The van der Waals surface area contributed by atoms with E-state index in [0.717, 1.165) is 25.9 Å². The van der Waals surface area contributed by atoms with Gasteiger partial charge in [0, 0.05) is 31.2 Å². The van der Waals surface area contributed by atoms with E-state index >= 15 is 0 Å². The van der Waals surface area contributed by atoms with E-state index in [-0.39, 0.29) is 0 Å². The Morgan fingerprint density at radius 2 is 1.90 bits per heavy atom. The van der Waals surface area contributed by atoms with Crippen LogP contribution in [0.5, 0.6) is 0 Å². The number of likely N-dealkylation sites (tertiary alicyclic amines) is 1. The summed E-state index contributed by atoms with van der Waals surface area (Å²) in [7, 11) is 0. The molecule has 4 nitrogen and oxygen atoms in total. The summed E-state index contributed by atoms with van der Waals surface area (Å²) in [5.41, 5.74) is 1.33. The molecular formula is C17H27N3O. The van der Waals surface area contributed by atoms with E-state index in [1.807, 2.05) is 6.20 Å². The van der Waals surface area contributed by atoms with Crippen molar-refractivity contribution in [3.63, 3.8) is 0 Å². The Labute approximate surface area is 127 Å². The van der Waals surface area contributed by atoms with Gasteiger partial charge in [0.1, 0.15) is 5.78 Å². The van der Waals surface area contributed by atoms with Gasteiger partial charge >= 0.3 is 0 Å². The third-order valence-electron chi connectivity index (χ3n) is 5.37. The molecule has 1 aromatic rings. The van der Waals surface area contributed by atoms with E-state index in [9.17, 15) is 4.79 Å². The van der Waals surface area contributed by atoms with Gasteiger partial charge in [-0.25, -0.2) is 0 Å². The van der Waals surface area contributed by atoms with E-state index in [1.54, 1.807) is 6.92 Å². The molecule has 0 radical (unpaired) electrons. The number of hydrogen-bond donors (Lipinski definition) is 0. The Hall–Kier alpha value is -1.16. The molecule has 0 atom stereocenters. The number of nitrogens with zero attached hydrogens (tertiary/aromatic N) is 3. The molecule has 1 saturated heterocycles. The predicted octanol–water partition coefficient (Wildman–Crippen LogP) is 3.01. The standard InChI is InChI=1S/C17H27N3O/c1-12(2)15-10-18-20(11-15)16-4-6-19(7-5-16)17-8-14(9-17)13(3)21/h10-12,14,16-17H,4-9H2,1-3H3/t14-,17+. The molecule has 0 aromatic carbocycles. The van der Waals surface area contributed by atoms with Crippen molar-refractivity contribution in [2.24, 2.45) is 5.92 Å². The van der Waals surface area contributed by atoms with E-state index in [2.05, 4.69) is 34.7 Å². The van der Waals surface area contributed by atoms with Gasteiger partial charge in [-0.3, -0.25) is 9.48 Å². The number of rotatable bonds is 4. The second kappa shape index (κ2) is 5.91. The summed E-state index contributed by atoms with van der Waals surface area (Å²) in [4.78, 5) is 13.9. The summed E-state index contributed by atoms with van der Waals surface area (Å²) in [5, 5.41) is 4.55. The minimum Gasteiger partial charge on any atom is -0.300 e. The van der Waals surface area contributed by atoms with Crippen LogP contribution in [0.2, 0.25) is 0 Å². The van der Waals surface area contributed by atoms with Crippen LogP contribution in [0.4, 0.5) is 0 Å². The number of ketones is 1. The average Bonchev–Trinajstić information content (AvgIpc) is 2.87. The number of carbonyl (C=O) groups excluding carboxylic acids is 1. The van der Waals surface area contributed by atoms with Gasteiger partial charge < -0.3 is 4.90 Å². The third kappa shape index (κ3) is 3.05.